The van der Waals surface area contributed by atoms with E-state index in [2.05, 4.69) is 32.2 Å². The molecule has 2 N–H and O–H groups in total. The Morgan fingerprint density at radius 3 is 1.77 bits per heavy atom. The maximum Gasteiger partial charge on any atom is 0.333 e. The third kappa shape index (κ3) is 12.7. The van der Waals surface area contributed by atoms with Gasteiger partial charge >= 0.3 is 11.9 Å². The first-order chi connectivity index (χ1) is 22.7. The van der Waals surface area contributed by atoms with Crippen LogP contribution in [-0.4, -0.2) is 55.2 Å². The number of carbonyl (C=O) groups is 2. The molecule has 47 heavy (non-hydrogen) atoms. The number of hydrogen-bond donors (Lipinski definition) is 2. The largest absolute Gasteiger partial charge is 0.493 e. The van der Waals surface area contributed by atoms with E-state index in [9.17, 15) is 19.8 Å². The normalized spacial score (nSPS) is 21.3. The zero-order valence-electron chi connectivity index (χ0n) is 29.5. The van der Waals surface area contributed by atoms with E-state index in [1.165, 1.54) is 69.8 Å². The highest BCUT2D eigenvalue weighted by Crippen LogP contribution is 2.45. The lowest BCUT2D eigenvalue weighted by molar-refractivity contribution is -0.139. The van der Waals surface area contributed by atoms with Crippen LogP contribution < -0.4 is 4.74 Å². The molecular weight excluding hydrogens is 592 g/mol. The first-order valence-electron chi connectivity index (χ1n) is 18.3. The number of ether oxygens (including phenoxy) is 3. The number of esters is 2. The molecule has 7 nitrogen and oxygen atoms in total. The predicted octanol–water partition coefficient (Wildman–Crippen LogP) is 8.04. The second kappa shape index (κ2) is 20.7. The fraction of sp³-hybridized carbons (Fsp3) is 0.700. The number of rotatable bonds is 20. The summed E-state index contributed by atoms with van der Waals surface area (Å²) < 4.78 is 17.3. The summed E-state index contributed by atoms with van der Waals surface area (Å²) in [5.74, 6) is 2.66. The van der Waals surface area contributed by atoms with Crippen molar-refractivity contribution < 1.29 is 34.0 Å². The number of hydrogen-bond acceptors (Lipinski definition) is 7. The summed E-state index contributed by atoms with van der Waals surface area (Å²) in [7, 11) is 0. The number of aliphatic hydroxyl groups excluding tert-OH is 2. The van der Waals surface area contributed by atoms with Crippen molar-refractivity contribution >= 4 is 11.9 Å². The molecule has 264 valence electrons. The van der Waals surface area contributed by atoms with Gasteiger partial charge in [-0.15, -0.1) is 0 Å². The summed E-state index contributed by atoms with van der Waals surface area (Å²) in [6, 6.07) is 4.44. The van der Waals surface area contributed by atoms with Gasteiger partial charge in [-0.05, 0) is 99.2 Å². The van der Waals surface area contributed by atoms with Crippen molar-refractivity contribution in [3.05, 3.63) is 53.1 Å². The lowest BCUT2D eigenvalue weighted by atomic mass is 9.67. The Labute approximate surface area is 284 Å². The molecule has 0 saturated heterocycles. The Hall–Kier alpha value is -2.64. The third-order valence-corrected chi connectivity index (χ3v) is 10.5. The fourth-order valence-corrected chi connectivity index (χ4v) is 7.45. The molecule has 0 aliphatic heterocycles. The molecule has 7 heteroatoms. The standard InChI is InChI=1S/C40H62O7/c1-6-7-8-9-30-10-12-32(13-11-30)33-14-16-34(17-15-33)37-24-35(19-22-46-39(43)28(2)3)38(45-21-18-31(26-41)27-42)36(25-37)20-23-47-40(44)29(4)5/h24-25,30-34,41-42H,2,4,6-23,26-27H2,1,3,5H3. The molecule has 3 rings (SSSR count). The molecule has 0 heterocycles. The Morgan fingerprint density at radius 2 is 1.30 bits per heavy atom. The quantitative estimate of drug-likeness (QED) is 0.0834. The summed E-state index contributed by atoms with van der Waals surface area (Å²) in [4.78, 5) is 24.3. The van der Waals surface area contributed by atoms with Gasteiger partial charge in [0.05, 0.1) is 19.8 Å². The van der Waals surface area contributed by atoms with Crippen molar-refractivity contribution in [1.82, 2.24) is 0 Å². The van der Waals surface area contributed by atoms with Crippen molar-refractivity contribution in [2.24, 2.45) is 23.7 Å². The van der Waals surface area contributed by atoms with Gasteiger partial charge in [-0.3, -0.25) is 0 Å². The molecule has 2 aliphatic rings. The van der Waals surface area contributed by atoms with Crippen LogP contribution in [0.25, 0.3) is 0 Å². The van der Waals surface area contributed by atoms with Crippen LogP contribution in [0.5, 0.6) is 5.75 Å². The summed E-state index contributed by atoms with van der Waals surface area (Å²) in [6.45, 7) is 13.4. The van der Waals surface area contributed by atoms with Gasteiger partial charge in [-0.2, -0.15) is 0 Å². The van der Waals surface area contributed by atoms with Crippen LogP contribution in [-0.2, 0) is 31.9 Å². The Kier molecular flexibility index (Phi) is 17.1. The van der Waals surface area contributed by atoms with Gasteiger partial charge in [0.25, 0.3) is 0 Å². The molecule has 1 aromatic rings. The molecule has 1 aromatic carbocycles. The predicted molar refractivity (Wildman–Crippen MR) is 187 cm³/mol. The minimum Gasteiger partial charge on any atom is -0.493 e. The van der Waals surface area contributed by atoms with Crippen molar-refractivity contribution in [3.8, 4) is 5.75 Å². The van der Waals surface area contributed by atoms with E-state index in [-0.39, 0.29) is 32.3 Å². The molecule has 0 bridgehead atoms. The van der Waals surface area contributed by atoms with Crippen LogP contribution >= 0.6 is 0 Å². The van der Waals surface area contributed by atoms with Gasteiger partial charge in [0.2, 0.25) is 0 Å². The minimum absolute atomic E-state index is 0.116. The highest BCUT2D eigenvalue weighted by molar-refractivity contribution is 5.87. The molecule has 2 fully saturated rings. The van der Waals surface area contributed by atoms with Gasteiger partial charge in [0.15, 0.2) is 0 Å². The molecule has 0 unspecified atom stereocenters. The van der Waals surface area contributed by atoms with E-state index in [0.29, 0.717) is 48.7 Å². The molecule has 0 radical (unpaired) electrons. The lowest BCUT2D eigenvalue weighted by Gasteiger charge is -2.38. The van der Waals surface area contributed by atoms with E-state index in [4.69, 9.17) is 14.2 Å². The SMILES string of the molecule is C=C(C)C(=O)OCCc1cc(C2CCC(C3CCC(CCCCC)CC3)CC2)cc(CCOC(=O)C(=C)C)c1OCCC(CO)CO. The molecule has 0 spiro atoms. The molecule has 0 aromatic heterocycles. The van der Waals surface area contributed by atoms with Crippen molar-refractivity contribution in [2.45, 2.75) is 123 Å². The van der Waals surface area contributed by atoms with Crippen molar-refractivity contribution in [3.63, 3.8) is 0 Å². The van der Waals surface area contributed by atoms with E-state index in [1.54, 1.807) is 13.8 Å². The number of carbonyl (C=O) groups excluding carboxylic acids is 2. The molecule has 0 atom stereocenters. The fourth-order valence-electron chi connectivity index (χ4n) is 7.45. The van der Waals surface area contributed by atoms with Gasteiger partial charge < -0.3 is 24.4 Å². The van der Waals surface area contributed by atoms with Gasteiger partial charge in [0.1, 0.15) is 5.75 Å². The van der Waals surface area contributed by atoms with E-state index >= 15 is 0 Å². The zero-order valence-corrected chi connectivity index (χ0v) is 29.5. The highest BCUT2D eigenvalue weighted by Gasteiger charge is 2.32. The number of unbranched alkanes of at least 4 members (excludes halogenated alkanes) is 2. The van der Waals surface area contributed by atoms with E-state index < -0.39 is 11.9 Å². The van der Waals surface area contributed by atoms with E-state index in [1.807, 2.05) is 0 Å². The Bertz CT molecular complexity index is 1080. The molecule has 2 aliphatic carbocycles. The number of aliphatic hydroxyl groups is 2. The van der Waals surface area contributed by atoms with Gasteiger partial charge in [0, 0.05) is 43.1 Å². The van der Waals surface area contributed by atoms with Crippen molar-refractivity contribution in [1.29, 1.82) is 0 Å². The summed E-state index contributed by atoms with van der Waals surface area (Å²) in [5, 5.41) is 19.1. The van der Waals surface area contributed by atoms with Crippen LogP contribution in [0.3, 0.4) is 0 Å². The zero-order chi connectivity index (χ0) is 34.2. The minimum atomic E-state index is -0.419. The lowest BCUT2D eigenvalue weighted by Crippen LogP contribution is -2.25. The molecule has 0 amide bonds. The topological polar surface area (TPSA) is 102 Å². The first-order valence-corrected chi connectivity index (χ1v) is 18.3. The first kappa shape index (κ1) is 38.8. The van der Waals surface area contributed by atoms with Crippen LogP contribution in [0.4, 0.5) is 0 Å². The monoisotopic (exact) mass is 654 g/mol. The average Bonchev–Trinajstić information content (AvgIpc) is 3.07. The van der Waals surface area contributed by atoms with Crippen LogP contribution in [0, 0.1) is 23.7 Å². The van der Waals surface area contributed by atoms with Crippen molar-refractivity contribution in [2.75, 3.05) is 33.0 Å². The van der Waals surface area contributed by atoms with Crippen LogP contribution in [0.15, 0.2) is 36.4 Å². The smallest absolute Gasteiger partial charge is 0.333 e. The van der Waals surface area contributed by atoms with E-state index in [0.717, 1.165) is 41.7 Å². The van der Waals surface area contributed by atoms with Gasteiger partial charge in [-0.1, -0.05) is 70.7 Å². The molecular formula is C40H62O7. The maximum atomic E-state index is 12.2. The summed E-state index contributed by atoms with van der Waals surface area (Å²) >= 11 is 0. The third-order valence-electron chi connectivity index (χ3n) is 10.5. The average molecular weight is 655 g/mol. The Balaban J connectivity index is 1.76. The highest BCUT2D eigenvalue weighted by atomic mass is 16.5. The van der Waals surface area contributed by atoms with Gasteiger partial charge in [-0.25, -0.2) is 9.59 Å². The summed E-state index contributed by atoms with van der Waals surface area (Å²) in [6.07, 6.45) is 17.4. The second-order valence-electron chi connectivity index (χ2n) is 14.3. The summed E-state index contributed by atoms with van der Waals surface area (Å²) in [5.41, 5.74) is 3.88. The maximum absolute atomic E-state index is 12.2. The van der Waals surface area contributed by atoms with Crippen LogP contribution in [0.2, 0.25) is 0 Å². The molecule has 2 saturated carbocycles. The Morgan fingerprint density at radius 1 is 0.787 bits per heavy atom. The number of benzene rings is 1. The second-order valence-corrected chi connectivity index (χ2v) is 14.3. The van der Waals surface area contributed by atoms with Crippen LogP contribution in [0.1, 0.15) is 127 Å².